The van der Waals surface area contributed by atoms with Gasteiger partial charge in [-0.15, -0.1) is 0 Å². The molecule has 0 spiro atoms. The highest BCUT2D eigenvalue weighted by Crippen LogP contribution is 2.11. The topological polar surface area (TPSA) is 61.9 Å². The first-order chi connectivity index (χ1) is 10.8. The number of hydrogen-bond donors (Lipinski definition) is 1. The lowest BCUT2D eigenvalue weighted by molar-refractivity contribution is -0.132. The standard InChI is InChI=1S/C17H27N3O3/c1-13-7-6-8-15(11-13)23-10-9-18-17(22)14(2)20(5)12-16(21)19(3)4/h6-8,11,14H,9-10,12H2,1-5H3,(H,18,22). The molecule has 0 heterocycles. The van der Waals surface area contributed by atoms with Crippen molar-refractivity contribution in [2.45, 2.75) is 19.9 Å². The minimum atomic E-state index is -0.377. The SMILES string of the molecule is Cc1cccc(OCCNC(=O)C(C)N(C)CC(=O)N(C)C)c1. The molecule has 0 bridgehead atoms. The number of carbonyl (C=O) groups excluding carboxylic acids is 2. The van der Waals surface area contributed by atoms with Crippen molar-refractivity contribution in [1.82, 2.24) is 15.1 Å². The van der Waals surface area contributed by atoms with E-state index in [9.17, 15) is 9.59 Å². The first-order valence-corrected chi connectivity index (χ1v) is 7.69. The predicted molar refractivity (Wildman–Crippen MR) is 90.5 cm³/mol. The van der Waals surface area contributed by atoms with Crippen molar-refractivity contribution in [3.8, 4) is 5.75 Å². The van der Waals surface area contributed by atoms with Gasteiger partial charge in [0.2, 0.25) is 11.8 Å². The van der Waals surface area contributed by atoms with E-state index in [1.807, 2.05) is 31.2 Å². The normalized spacial score (nSPS) is 11.9. The lowest BCUT2D eigenvalue weighted by Crippen LogP contribution is -2.47. The van der Waals surface area contributed by atoms with E-state index in [0.717, 1.165) is 11.3 Å². The molecule has 2 amide bonds. The van der Waals surface area contributed by atoms with E-state index in [-0.39, 0.29) is 24.4 Å². The fraction of sp³-hybridized carbons (Fsp3) is 0.529. The molecule has 1 atom stereocenters. The highest BCUT2D eigenvalue weighted by atomic mass is 16.5. The van der Waals surface area contributed by atoms with Gasteiger partial charge in [0.1, 0.15) is 12.4 Å². The van der Waals surface area contributed by atoms with Gasteiger partial charge in [-0.25, -0.2) is 0 Å². The van der Waals surface area contributed by atoms with Crippen molar-refractivity contribution in [2.24, 2.45) is 0 Å². The average Bonchev–Trinajstić information content (AvgIpc) is 2.50. The largest absolute Gasteiger partial charge is 0.492 e. The summed E-state index contributed by atoms with van der Waals surface area (Å²) in [5.74, 6) is 0.642. The third-order valence-electron chi connectivity index (χ3n) is 3.58. The van der Waals surface area contributed by atoms with Crippen LogP contribution >= 0.6 is 0 Å². The molecule has 6 nitrogen and oxygen atoms in total. The minimum absolute atomic E-state index is 0.0325. The van der Waals surface area contributed by atoms with Crippen LogP contribution in [-0.2, 0) is 9.59 Å². The average molecular weight is 321 g/mol. The van der Waals surface area contributed by atoms with Gasteiger partial charge in [0.25, 0.3) is 0 Å². The molecular weight excluding hydrogens is 294 g/mol. The van der Waals surface area contributed by atoms with Gasteiger partial charge in [-0.2, -0.15) is 0 Å². The number of carbonyl (C=O) groups is 2. The monoisotopic (exact) mass is 321 g/mol. The van der Waals surface area contributed by atoms with Crippen molar-refractivity contribution in [3.63, 3.8) is 0 Å². The molecule has 1 aromatic rings. The molecular formula is C17H27N3O3. The Balaban J connectivity index is 2.31. The Hall–Kier alpha value is -2.08. The van der Waals surface area contributed by atoms with Crippen LogP contribution in [0.2, 0.25) is 0 Å². The van der Waals surface area contributed by atoms with Crippen LogP contribution in [0, 0.1) is 6.92 Å². The van der Waals surface area contributed by atoms with Gasteiger partial charge in [-0.05, 0) is 38.6 Å². The number of amides is 2. The van der Waals surface area contributed by atoms with E-state index in [1.165, 1.54) is 4.90 Å². The zero-order chi connectivity index (χ0) is 17.4. The highest BCUT2D eigenvalue weighted by molar-refractivity contribution is 5.83. The Bertz CT molecular complexity index is 532. The van der Waals surface area contributed by atoms with Gasteiger partial charge >= 0.3 is 0 Å². The fourth-order valence-corrected chi connectivity index (χ4v) is 1.89. The molecule has 1 unspecified atom stereocenters. The van der Waals surface area contributed by atoms with Crippen LogP contribution < -0.4 is 10.1 Å². The molecule has 23 heavy (non-hydrogen) atoms. The summed E-state index contributed by atoms with van der Waals surface area (Å²) < 4.78 is 5.58. The molecule has 1 rings (SSSR count). The first kappa shape index (κ1) is 19.0. The van der Waals surface area contributed by atoms with Gasteiger partial charge < -0.3 is 15.0 Å². The molecule has 128 valence electrons. The summed E-state index contributed by atoms with van der Waals surface area (Å²) in [7, 11) is 5.15. The number of benzene rings is 1. The van der Waals surface area contributed by atoms with Crippen LogP contribution in [0.15, 0.2) is 24.3 Å². The van der Waals surface area contributed by atoms with Crippen LogP contribution in [-0.4, -0.2) is 68.5 Å². The van der Waals surface area contributed by atoms with Crippen molar-refractivity contribution in [1.29, 1.82) is 0 Å². The number of hydrogen-bond acceptors (Lipinski definition) is 4. The van der Waals surface area contributed by atoms with E-state index in [2.05, 4.69) is 5.32 Å². The van der Waals surface area contributed by atoms with Crippen LogP contribution in [0.4, 0.5) is 0 Å². The summed E-state index contributed by atoms with van der Waals surface area (Å²) >= 11 is 0. The molecule has 0 saturated heterocycles. The molecule has 0 fully saturated rings. The van der Waals surface area contributed by atoms with Crippen LogP contribution in [0.1, 0.15) is 12.5 Å². The molecule has 0 radical (unpaired) electrons. The Morgan fingerprint density at radius 1 is 1.26 bits per heavy atom. The van der Waals surface area contributed by atoms with Gasteiger partial charge in [-0.3, -0.25) is 14.5 Å². The second-order valence-corrected chi connectivity index (χ2v) is 5.84. The molecule has 0 aliphatic rings. The third-order valence-corrected chi connectivity index (χ3v) is 3.58. The summed E-state index contributed by atoms with van der Waals surface area (Å²) in [6.07, 6.45) is 0. The van der Waals surface area contributed by atoms with E-state index < -0.39 is 0 Å². The molecule has 1 N–H and O–H groups in total. The summed E-state index contributed by atoms with van der Waals surface area (Å²) in [6, 6.07) is 7.39. The zero-order valence-electron chi connectivity index (χ0n) is 14.6. The van der Waals surface area contributed by atoms with Crippen LogP contribution in [0.25, 0.3) is 0 Å². The number of ether oxygens (including phenoxy) is 1. The van der Waals surface area contributed by atoms with Gasteiger partial charge in [-0.1, -0.05) is 12.1 Å². The maximum Gasteiger partial charge on any atom is 0.237 e. The molecule has 0 aliphatic carbocycles. The van der Waals surface area contributed by atoms with Crippen molar-refractivity contribution in [2.75, 3.05) is 40.8 Å². The fourth-order valence-electron chi connectivity index (χ4n) is 1.89. The Morgan fingerprint density at radius 3 is 2.57 bits per heavy atom. The van der Waals surface area contributed by atoms with E-state index in [4.69, 9.17) is 4.74 Å². The second-order valence-electron chi connectivity index (χ2n) is 5.84. The van der Waals surface area contributed by atoms with E-state index in [0.29, 0.717) is 13.2 Å². The molecule has 0 saturated carbocycles. The Kier molecular flexibility index (Phi) is 7.54. The highest BCUT2D eigenvalue weighted by Gasteiger charge is 2.20. The number of likely N-dealkylation sites (N-methyl/N-ethyl adjacent to an activating group) is 2. The second kappa shape index (κ2) is 9.15. The van der Waals surface area contributed by atoms with Crippen molar-refractivity contribution in [3.05, 3.63) is 29.8 Å². The zero-order valence-corrected chi connectivity index (χ0v) is 14.6. The summed E-state index contributed by atoms with van der Waals surface area (Å²) in [4.78, 5) is 27.0. The minimum Gasteiger partial charge on any atom is -0.492 e. The van der Waals surface area contributed by atoms with Gasteiger partial charge in [0.15, 0.2) is 0 Å². The van der Waals surface area contributed by atoms with Crippen LogP contribution in [0.3, 0.4) is 0 Å². The first-order valence-electron chi connectivity index (χ1n) is 7.69. The maximum atomic E-state index is 12.1. The predicted octanol–water partition coefficient (Wildman–Crippen LogP) is 0.899. The smallest absolute Gasteiger partial charge is 0.237 e. The number of nitrogens with zero attached hydrogens (tertiary/aromatic N) is 2. The Labute approximate surface area is 138 Å². The third kappa shape index (κ3) is 6.69. The summed E-state index contributed by atoms with van der Waals surface area (Å²) in [6.45, 7) is 4.82. The molecule has 1 aromatic carbocycles. The van der Waals surface area contributed by atoms with Crippen LogP contribution in [0.5, 0.6) is 5.75 Å². The number of rotatable bonds is 8. The molecule has 6 heteroatoms. The van der Waals surface area contributed by atoms with Gasteiger partial charge in [0, 0.05) is 14.1 Å². The number of aryl methyl sites for hydroxylation is 1. The molecule has 0 aromatic heterocycles. The van der Waals surface area contributed by atoms with Gasteiger partial charge in [0.05, 0.1) is 19.1 Å². The Morgan fingerprint density at radius 2 is 1.96 bits per heavy atom. The maximum absolute atomic E-state index is 12.1. The quantitative estimate of drug-likeness (QED) is 0.723. The number of nitrogens with one attached hydrogen (secondary N) is 1. The van der Waals surface area contributed by atoms with Crippen molar-refractivity contribution < 1.29 is 14.3 Å². The van der Waals surface area contributed by atoms with Crippen molar-refractivity contribution >= 4 is 11.8 Å². The lowest BCUT2D eigenvalue weighted by atomic mass is 10.2. The lowest BCUT2D eigenvalue weighted by Gasteiger charge is -2.24. The summed E-state index contributed by atoms with van der Waals surface area (Å²) in [5, 5.41) is 2.82. The molecule has 0 aliphatic heterocycles. The summed E-state index contributed by atoms with van der Waals surface area (Å²) in [5.41, 5.74) is 1.13. The van der Waals surface area contributed by atoms with E-state index >= 15 is 0 Å². The van der Waals surface area contributed by atoms with E-state index in [1.54, 1.807) is 33.0 Å².